The Morgan fingerprint density at radius 3 is 2.59 bits per heavy atom. The van der Waals surface area contributed by atoms with Gasteiger partial charge in [0.25, 0.3) is 0 Å². The first-order chi connectivity index (χ1) is 18.2. The first-order valence-electron chi connectivity index (χ1n) is 12.5. The first kappa shape index (κ1) is 23.3. The van der Waals surface area contributed by atoms with Crippen LogP contribution in [0.2, 0.25) is 0 Å². The molecule has 1 amide bonds. The Hall–Kier alpha value is -4.16. The van der Waals surface area contributed by atoms with Crippen molar-refractivity contribution in [3.05, 3.63) is 120 Å². The van der Waals surface area contributed by atoms with Crippen molar-refractivity contribution in [1.29, 1.82) is 0 Å². The lowest BCUT2D eigenvalue weighted by Crippen LogP contribution is -2.32. The van der Waals surface area contributed by atoms with Gasteiger partial charge in [0.05, 0.1) is 18.5 Å². The van der Waals surface area contributed by atoms with E-state index in [1.165, 1.54) is 16.3 Å². The maximum Gasteiger partial charge on any atom is 0.223 e. The van der Waals surface area contributed by atoms with E-state index in [-0.39, 0.29) is 5.91 Å². The van der Waals surface area contributed by atoms with Crippen LogP contribution in [0.5, 0.6) is 0 Å². The molecule has 5 nitrogen and oxygen atoms in total. The molecule has 0 spiro atoms. The molecule has 0 bridgehead atoms. The second-order valence-electron chi connectivity index (χ2n) is 9.20. The molecule has 0 aliphatic heterocycles. The largest absolute Gasteiger partial charge is 0.467 e. The van der Waals surface area contributed by atoms with E-state index < -0.39 is 0 Å². The van der Waals surface area contributed by atoms with Gasteiger partial charge in [-0.2, -0.15) is 0 Å². The van der Waals surface area contributed by atoms with Gasteiger partial charge in [-0.3, -0.25) is 9.20 Å². The van der Waals surface area contributed by atoms with Crippen molar-refractivity contribution in [2.24, 2.45) is 0 Å². The zero-order valence-corrected chi connectivity index (χ0v) is 21.2. The van der Waals surface area contributed by atoms with E-state index >= 15 is 0 Å². The van der Waals surface area contributed by atoms with Gasteiger partial charge in [-0.05, 0) is 41.0 Å². The molecule has 0 saturated carbocycles. The highest BCUT2D eigenvalue weighted by atomic mass is 32.1. The number of thiazole rings is 1. The van der Waals surface area contributed by atoms with Gasteiger partial charge in [-0.15, -0.1) is 11.3 Å². The molecule has 0 aliphatic rings. The summed E-state index contributed by atoms with van der Waals surface area (Å²) in [5.74, 6) is 0.930. The third kappa shape index (κ3) is 5.20. The van der Waals surface area contributed by atoms with Crippen LogP contribution < -0.4 is 0 Å². The fourth-order valence-corrected chi connectivity index (χ4v) is 5.59. The van der Waals surface area contributed by atoms with E-state index in [4.69, 9.17) is 9.40 Å². The van der Waals surface area contributed by atoms with E-state index in [2.05, 4.69) is 70.6 Å². The van der Waals surface area contributed by atoms with Crippen LogP contribution in [-0.4, -0.2) is 26.7 Å². The fraction of sp³-hybridized carbons (Fsp3) is 0.161. The number of hydrogen-bond acceptors (Lipinski definition) is 4. The summed E-state index contributed by atoms with van der Waals surface area (Å²) in [6.45, 7) is 1.09. The number of imidazole rings is 1. The summed E-state index contributed by atoms with van der Waals surface area (Å²) in [5, 5.41) is 4.58. The molecule has 37 heavy (non-hydrogen) atoms. The second kappa shape index (κ2) is 10.4. The maximum absolute atomic E-state index is 13.2. The van der Waals surface area contributed by atoms with Gasteiger partial charge in [0.2, 0.25) is 5.91 Å². The molecule has 0 atom stereocenters. The highest BCUT2D eigenvalue weighted by Gasteiger charge is 2.17. The molecular formula is C31H27N3O2S. The van der Waals surface area contributed by atoms with E-state index in [1.807, 2.05) is 35.2 Å². The Balaban J connectivity index is 1.19. The minimum Gasteiger partial charge on any atom is -0.467 e. The molecule has 0 saturated heterocycles. The number of aryl methyl sites for hydroxylation is 1. The van der Waals surface area contributed by atoms with Crippen LogP contribution >= 0.6 is 11.3 Å². The zero-order chi connectivity index (χ0) is 25.0. The summed E-state index contributed by atoms with van der Waals surface area (Å²) < 4.78 is 7.72. The molecule has 6 rings (SSSR count). The topological polar surface area (TPSA) is 50.8 Å². The summed E-state index contributed by atoms with van der Waals surface area (Å²) in [4.78, 5) is 21.0. The van der Waals surface area contributed by atoms with Crippen LogP contribution in [0.4, 0.5) is 0 Å². The molecule has 6 aromatic rings. The standard InChI is InChI=1S/C31H27N3O2S/c35-30(15-12-23-7-2-1-3-8-23)33(20-28-11-6-18-36-28)17-16-27-22-37-31-32-29(21-34(27)31)26-14-13-24-9-4-5-10-25(24)19-26/h1-11,13-14,18-19,21-22H,12,15-17,20H2. The van der Waals surface area contributed by atoms with E-state index in [0.29, 0.717) is 19.5 Å². The molecule has 0 aliphatic carbocycles. The molecule has 3 aromatic carbocycles. The van der Waals surface area contributed by atoms with Crippen molar-refractivity contribution in [2.75, 3.05) is 6.54 Å². The molecule has 0 N–H and O–H groups in total. The number of benzene rings is 3. The van der Waals surface area contributed by atoms with Crippen LogP contribution in [-0.2, 0) is 24.2 Å². The maximum atomic E-state index is 13.2. The van der Waals surface area contributed by atoms with Gasteiger partial charge < -0.3 is 9.32 Å². The fourth-order valence-electron chi connectivity index (χ4n) is 4.68. The minimum absolute atomic E-state index is 0.134. The average molecular weight is 506 g/mol. The molecule has 0 unspecified atom stereocenters. The predicted octanol–water partition coefficient (Wildman–Crippen LogP) is 7.01. The first-order valence-corrected chi connectivity index (χ1v) is 13.4. The predicted molar refractivity (Wildman–Crippen MR) is 149 cm³/mol. The number of hydrogen-bond donors (Lipinski definition) is 0. The number of rotatable bonds is 9. The second-order valence-corrected chi connectivity index (χ2v) is 10.0. The Labute approximate surface area is 219 Å². The Morgan fingerprint density at radius 2 is 1.76 bits per heavy atom. The smallest absolute Gasteiger partial charge is 0.223 e. The summed E-state index contributed by atoms with van der Waals surface area (Å²) in [6.07, 6.45) is 5.71. The van der Waals surface area contributed by atoms with Crippen LogP contribution in [0.25, 0.3) is 27.0 Å². The van der Waals surface area contributed by atoms with Crippen LogP contribution in [0.1, 0.15) is 23.4 Å². The normalized spacial score (nSPS) is 11.4. The third-order valence-corrected chi connectivity index (χ3v) is 7.61. The number of nitrogens with zero attached hydrogens (tertiary/aromatic N) is 3. The van der Waals surface area contributed by atoms with E-state index in [0.717, 1.165) is 40.5 Å². The molecule has 184 valence electrons. The highest BCUT2D eigenvalue weighted by molar-refractivity contribution is 7.15. The average Bonchev–Trinajstić information content (AvgIpc) is 3.69. The number of fused-ring (bicyclic) bond motifs is 2. The number of furan rings is 1. The quantitative estimate of drug-likeness (QED) is 0.212. The van der Waals surface area contributed by atoms with Crippen molar-refractivity contribution >= 4 is 33.0 Å². The Morgan fingerprint density at radius 1 is 0.919 bits per heavy atom. The molecular weight excluding hydrogens is 478 g/mol. The number of carbonyl (C=O) groups excluding carboxylic acids is 1. The monoisotopic (exact) mass is 505 g/mol. The van der Waals surface area contributed by atoms with Crippen molar-refractivity contribution < 1.29 is 9.21 Å². The number of carbonyl (C=O) groups is 1. The molecule has 0 radical (unpaired) electrons. The van der Waals surface area contributed by atoms with Gasteiger partial charge in [0.15, 0.2) is 4.96 Å². The minimum atomic E-state index is 0.134. The Kier molecular flexibility index (Phi) is 6.57. The van der Waals surface area contributed by atoms with Gasteiger partial charge in [-0.25, -0.2) is 4.98 Å². The molecule has 6 heteroatoms. The van der Waals surface area contributed by atoms with E-state index in [1.54, 1.807) is 17.6 Å². The van der Waals surface area contributed by atoms with Gasteiger partial charge in [0, 0.05) is 42.2 Å². The summed E-state index contributed by atoms with van der Waals surface area (Å²) in [7, 11) is 0. The number of amides is 1. The number of aromatic nitrogens is 2. The molecule has 0 fully saturated rings. The lowest BCUT2D eigenvalue weighted by Gasteiger charge is -2.22. The lowest BCUT2D eigenvalue weighted by molar-refractivity contribution is -0.132. The van der Waals surface area contributed by atoms with Crippen LogP contribution in [0.15, 0.2) is 107 Å². The SMILES string of the molecule is O=C(CCc1ccccc1)N(CCc1csc2nc(-c3ccc4ccccc4c3)cn12)Cc1ccco1. The summed E-state index contributed by atoms with van der Waals surface area (Å²) in [5.41, 5.74) is 4.40. The van der Waals surface area contributed by atoms with Gasteiger partial charge >= 0.3 is 0 Å². The van der Waals surface area contributed by atoms with Crippen LogP contribution in [0, 0.1) is 0 Å². The van der Waals surface area contributed by atoms with Gasteiger partial charge in [0.1, 0.15) is 5.76 Å². The highest BCUT2D eigenvalue weighted by Crippen LogP contribution is 2.27. The third-order valence-electron chi connectivity index (χ3n) is 6.72. The van der Waals surface area contributed by atoms with Crippen molar-refractivity contribution in [1.82, 2.24) is 14.3 Å². The Bertz CT molecular complexity index is 1630. The van der Waals surface area contributed by atoms with Crippen molar-refractivity contribution in [2.45, 2.75) is 25.8 Å². The lowest BCUT2D eigenvalue weighted by atomic mass is 10.1. The zero-order valence-electron chi connectivity index (χ0n) is 20.4. The summed E-state index contributed by atoms with van der Waals surface area (Å²) >= 11 is 1.64. The van der Waals surface area contributed by atoms with Crippen molar-refractivity contribution in [3.63, 3.8) is 0 Å². The molecule has 3 heterocycles. The molecule has 3 aromatic heterocycles. The van der Waals surface area contributed by atoms with Gasteiger partial charge in [-0.1, -0.05) is 66.7 Å². The van der Waals surface area contributed by atoms with E-state index in [9.17, 15) is 4.79 Å². The van der Waals surface area contributed by atoms with Crippen molar-refractivity contribution in [3.8, 4) is 11.3 Å². The van der Waals surface area contributed by atoms with Crippen LogP contribution in [0.3, 0.4) is 0 Å². The summed E-state index contributed by atoms with van der Waals surface area (Å²) in [6, 6.07) is 28.8.